The van der Waals surface area contributed by atoms with Crippen LogP contribution in [0.5, 0.6) is 0 Å². The normalized spacial score (nSPS) is 33.4. The molecule has 1 N–H and O–H groups in total. The molecular formula is C13H22N2O3. The van der Waals surface area contributed by atoms with Crippen molar-refractivity contribution in [2.45, 2.75) is 45.3 Å². The molecule has 102 valence electrons. The van der Waals surface area contributed by atoms with E-state index in [9.17, 15) is 9.59 Å². The molecule has 5 nitrogen and oxygen atoms in total. The fourth-order valence-electron chi connectivity index (χ4n) is 2.65. The van der Waals surface area contributed by atoms with Crippen molar-refractivity contribution in [3.8, 4) is 0 Å². The molecule has 0 saturated carbocycles. The predicted octanol–water partition coefficient (Wildman–Crippen LogP) is 0.539. The lowest BCUT2D eigenvalue weighted by Gasteiger charge is -2.27. The molecule has 0 aromatic rings. The summed E-state index contributed by atoms with van der Waals surface area (Å²) in [6, 6.07) is -0.349. The van der Waals surface area contributed by atoms with E-state index in [0.29, 0.717) is 31.8 Å². The zero-order valence-electron chi connectivity index (χ0n) is 11.1. The first kappa shape index (κ1) is 13.3. The van der Waals surface area contributed by atoms with Gasteiger partial charge in [0.25, 0.3) is 0 Å². The Bertz CT molecular complexity index is 332. The number of carbonyl (C=O) groups is 2. The van der Waals surface area contributed by atoms with Crippen molar-refractivity contribution in [1.82, 2.24) is 10.2 Å². The highest BCUT2D eigenvalue weighted by molar-refractivity contribution is 5.89. The second-order valence-electron chi connectivity index (χ2n) is 5.19. The van der Waals surface area contributed by atoms with Gasteiger partial charge in [0.15, 0.2) is 0 Å². The van der Waals surface area contributed by atoms with Crippen LogP contribution in [0.15, 0.2) is 0 Å². The van der Waals surface area contributed by atoms with Crippen molar-refractivity contribution >= 4 is 11.8 Å². The standard InChI is InChI=1S/C13H22N2O3/c1-3-11-13(17)15(6-4-12(16)14-11)8-10-5-7-18-9(10)2/h9-11H,3-8H2,1-2H3,(H,14,16). The fraction of sp³-hybridized carbons (Fsp3) is 0.846. The van der Waals surface area contributed by atoms with Gasteiger partial charge in [0.2, 0.25) is 11.8 Å². The van der Waals surface area contributed by atoms with Gasteiger partial charge >= 0.3 is 0 Å². The van der Waals surface area contributed by atoms with E-state index in [-0.39, 0.29) is 24.0 Å². The zero-order chi connectivity index (χ0) is 13.1. The maximum Gasteiger partial charge on any atom is 0.245 e. The number of amides is 2. The van der Waals surface area contributed by atoms with Gasteiger partial charge in [-0.25, -0.2) is 0 Å². The minimum Gasteiger partial charge on any atom is -0.378 e. The molecule has 2 amide bonds. The second-order valence-corrected chi connectivity index (χ2v) is 5.19. The van der Waals surface area contributed by atoms with Crippen molar-refractivity contribution in [2.75, 3.05) is 19.7 Å². The topological polar surface area (TPSA) is 58.6 Å². The number of hydrogen-bond acceptors (Lipinski definition) is 3. The molecule has 2 rings (SSSR count). The maximum absolute atomic E-state index is 12.3. The van der Waals surface area contributed by atoms with E-state index in [1.165, 1.54) is 0 Å². The molecule has 2 heterocycles. The van der Waals surface area contributed by atoms with Gasteiger partial charge in [-0.05, 0) is 19.8 Å². The quantitative estimate of drug-likeness (QED) is 0.799. The Morgan fingerprint density at radius 1 is 1.44 bits per heavy atom. The van der Waals surface area contributed by atoms with Crippen LogP contribution in [-0.2, 0) is 14.3 Å². The summed E-state index contributed by atoms with van der Waals surface area (Å²) in [5.74, 6) is 0.440. The monoisotopic (exact) mass is 254 g/mol. The van der Waals surface area contributed by atoms with Gasteiger partial charge in [0.05, 0.1) is 6.10 Å². The molecule has 0 bridgehead atoms. The minimum atomic E-state index is -0.349. The van der Waals surface area contributed by atoms with Crippen LogP contribution >= 0.6 is 0 Å². The van der Waals surface area contributed by atoms with Gasteiger partial charge in [0, 0.05) is 32.0 Å². The molecule has 2 saturated heterocycles. The first-order valence-electron chi connectivity index (χ1n) is 6.81. The summed E-state index contributed by atoms with van der Waals surface area (Å²) in [6.07, 6.45) is 2.27. The van der Waals surface area contributed by atoms with Crippen molar-refractivity contribution in [3.63, 3.8) is 0 Å². The van der Waals surface area contributed by atoms with Crippen LogP contribution in [0.25, 0.3) is 0 Å². The highest BCUT2D eigenvalue weighted by atomic mass is 16.5. The highest BCUT2D eigenvalue weighted by Gasteiger charge is 2.32. The van der Waals surface area contributed by atoms with E-state index in [0.717, 1.165) is 13.0 Å². The van der Waals surface area contributed by atoms with E-state index in [2.05, 4.69) is 12.2 Å². The molecule has 2 aliphatic heterocycles. The van der Waals surface area contributed by atoms with E-state index in [4.69, 9.17) is 4.74 Å². The number of nitrogens with zero attached hydrogens (tertiary/aromatic N) is 1. The number of nitrogens with one attached hydrogen (secondary N) is 1. The van der Waals surface area contributed by atoms with Crippen molar-refractivity contribution in [1.29, 1.82) is 0 Å². The lowest BCUT2D eigenvalue weighted by atomic mass is 10.0. The molecule has 0 radical (unpaired) electrons. The Morgan fingerprint density at radius 2 is 2.22 bits per heavy atom. The summed E-state index contributed by atoms with van der Waals surface area (Å²) in [5, 5.41) is 2.78. The SMILES string of the molecule is CCC1NC(=O)CCN(CC2CCOC2C)C1=O. The van der Waals surface area contributed by atoms with Crippen LogP contribution in [0.1, 0.15) is 33.1 Å². The molecule has 3 unspecified atom stereocenters. The summed E-state index contributed by atoms with van der Waals surface area (Å²) in [4.78, 5) is 25.7. The number of ether oxygens (including phenoxy) is 1. The molecule has 2 aliphatic rings. The smallest absolute Gasteiger partial charge is 0.245 e. The first-order chi connectivity index (χ1) is 8.61. The molecular weight excluding hydrogens is 232 g/mol. The predicted molar refractivity (Wildman–Crippen MR) is 66.9 cm³/mol. The Kier molecular flexibility index (Phi) is 4.22. The summed E-state index contributed by atoms with van der Waals surface area (Å²) in [6.45, 7) is 6.01. The average molecular weight is 254 g/mol. The largest absolute Gasteiger partial charge is 0.378 e. The number of carbonyl (C=O) groups excluding carboxylic acids is 2. The van der Waals surface area contributed by atoms with E-state index >= 15 is 0 Å². The Morgan fingerprint density at radius 3 is 2.83 bits per heavy atom. The third-order valence-corrected chi connectivity index (χ3v) is 3.95. The molecule has 0 spiro atoms. The number of hydrogen-bond donors (Lipinski definition) is 1. The number of rotatable bonds is 3. The highest BCUT2D eigenvalue weighted by Crippen LogP contribution is 2.22. The van der Waals surface area contributed by atoms with Crippen molar-refractivity contribution in [3.05, 3.63) is 0 Å². The van der Waals surface area contributed by atoms with Gasteiger partial charge in [-0.1, -0.05) is 6.92 Å². The summed E-state index contributed by atoms with van der Waals surface area (Å²) in [7, 11) is 0. The van der Waals surface area contributed by atoms with E-state index < -0.39 is 0 Å². The molecule has 0 aromatic heterocycles. The third kappa shape index (κ3) is 2.83. The summed E-state index contributed by atoms with van der Waals surface area (Å²) >= 11 is 0. The summed E-state index contributed by atoms with van der Waals surface area (Å²) < 4.78 is 5.53. The average Bonchev–Trinajstić information content (AvgIpc) is 2.70. The van der Waals surface area contributed by atoms with Gasteiger partial charge in [0.1, 0.15) is 6.04 Å². The van der Waals surface area contributed by atoms with Gasteiger partial charge < -0.3 is 15.0 Å². The Hall–Kier alpha value is -1.10. The van der Waals surface area contributed by atoms with Gasteiger partial charge in [-0.2, -0.15) is 0 Å². The maximum atomic E-state index is 12.3. The molecule has 2 fully saturated rings. The van der Waals surface area contributed by atoms with Gasteiger partial charge in [-0.3, -0.25) is 9.59 Å². The molecule has 18 heavy (non-hydrogen) atoms. The van der Waals surface area contributed by atoms with Crippen LogP contribution in [0.4, 0.5) is 0 Å². The van der Waals surface area contributed by atoms with Crippen LogP contribution in [0.3, 0.4) is 0 Å². The molecule has 0 aliphatic carbocycles. The van der Waals surface area contributed by atoms with E-state index in [1.807, 2.05) is 11.8 Å². The van der Waals surface area contributed by atoms with E-state index in [1.54, 1.807) is 0 Å². The van der Waals surface area contributed by atoms with Crippen LogP contribution in [0, 0.1) is 5.92 Å². The lowest BCUT2D eigenvalue weighted by Crippen LogP contribution is -2.46. The summed E-state index contributed by atoms with van der Waals surface area (Å²) in [5.41, 5.74) is 0. The Balaban J connectivity index is 2.01. The second kappa shape index (κ2) is 5.69. The van der Waals surface area contributed by atoms with Crippen molar-refractivity contribution < 1.29 is 14.3 Å². The zero-order valence-corrected chi connectivity index (χ0v) is 11.1. The van der Waals surface area contributed by atoms with Crippen LogP contribution in [0.2, 0.25) is 0 Å². The Labute approximate surface area is 108 Å². The third-order valence-electron chi connectivity index (χ3n) is 3.95. The van der Waals surface area contributed by atoms with Crippen molar-refractivity contribution in [2.24, 2.45) is 5.92 Å². The molecule has 3 atom stereocenters. The minimum absolute atomic E-state index is 0.0200. The van der Waals surface area contributed by atoms with Crippen LogP contribution in [-0.4, -0.2) is 48.6 Å². The van der Waals surface area contributed by atoms with Crippen LogP contribution < -0.4 is 5.32 Å². The van der Waals surface area contributed by atoms with Gasteiger partial charge in [-0.15, -0.1) is 0 Å². The first-order valence-corrected chi connectivity index (χ1v) is 6.81. The molecule has 0 aromatic carbocycles. The fourth-order valence-corrected chi connectivity index (χ4v) is 2.65. The molecule has 5 heteroatoms. The lowest BCUT2D eigenvalue weighted by molar-refractivity contribution is -0.134.